The van der Waals surface area contributed by atoms with Crippen LogP contribution in [0.15, 0.2) is 48.5 Å². The average molecular weight is 451 g/mol. The van der Waals surface area contributed by atoms with Crippen molar-refractivity contribution in [2.75, 3.05) is 25.5 Å². The highest BCUT2D eigenvalue weighted by molar-refractivity contribution is 7.16. The van der Waals surface area contributed by atoms with Gasteiger partial charge in [0.2, 0.25) is 0 Å². The minimum absolute atomic E-state index is 0.00293. The lowest BCUT2D eigenvalue weighted by molar-refractivity contribution is -0.895. The van der Waals surface area contributed by atoms with Gasteiger partial charge < -0.3 is 25.0 Å². The second-order valence-electron chi connectivity index (χ2n) is 8.31. The van der Waals surface area contributed by atoms with Crippen LogP contribution in [-0.2, 0) is 19.6 Å². The summed E-state index contributed by atoms with van der Waals surface area (Å²) in [6.45, 7) is 5.01. The van der Waals surface area contributed by atoms with Gasteiger partial charge in [0.25, 0.3) is 5.91 Å². The molecule has 3 heterocycles. The fourth-order valence-corrected chi connectivity index (χ4v) is 5.71. The zero-order valence-corrected chi connectivity index (χ0v) is 19.2. The Balaban J connectivity index is 1.38. The summed E-state index contributed by atoms with van der Waals surface area (Å²) < 4.78 is 11.9. The number of carbonyl (C=O) groups excluding carboxylic acids is 1. The molecule has 2 aliphatic heterocycles. The smallest absolute Gasteiger partial charge is 0.256 e. The molecule has 166 valence electrons. The zero-order valence-electron chi connectivity index (χ0n) is 18.4. The molecule has 0 bridgehead atoms. The third-order valence-corrected chi connectivity index (χ3v) is 7.13. The van der Waals surface area contributed by atoms with Crippen LogP contribution in [0.2, 0.25) is 0 Å². The maximum atomic E-state index is 13.0. The Morgan fingerprint density at radius 2 is 1.94 bits per heavy atom. The third kappa shape index (κ3) is 4.06. The summed E-state index contributed by atoms with van der Waals surface area (Å²) in [4.78, 5) is 15.8. The van der Waals surface area contributed by atoms with E-state index in [2.05, 4.69) is 17.7 Å². The monoisotopic (exact) mass is 450 g/mol. The van der Waals surface area contributed by atoms with Gasteiger partial charge in [-0.05, 0) is 35.7 Å². The first-order valence-corrected chi connectivity index (χ1v) is 11.9. The van der Waals surface area contributed by atoms with Gasteiger partial charge in [-0.2, -0.15) is 0 Å². The number of amides is 1. The number of hydrogen-bond donors (Lipinski definition) is 3. The SMILES string of the molecule is CCOc1cc([C@H]2NC(=O)c3c(sc4c3CC[NH+](C)C4)N2)ccc1OCc1ccccc1. The number of anilines is 1. The van der Waals surface area contributed by atoms with E-state index < -0.39 is 0 Å². The summed E-state index contributed by atoms with van der Waals surface area (Å²) in [5.74, 6) is 1.38. The molecule has 1 amide bonds. The van der Waals surface area contributed by atoms with E-state index in [1.165, 1.54) is 15.3 Å². The van der Waals surface area contributed by atoms with Crippen molar-refractivity contribution in [2.24, 2.45) is 0 Å². The van der Waals surface area contributed by atoms with Gasteiger partial charge in [0, 0.05) is 6.42 Å². The molecule has 32 heavy (non-hydrogen) atoms. The fourth-order valence-electron chi connectivity index (χ4n) is 4.33. The number of quaternary nitrogens is 1. The third-order valence-electron chi connectivity index (χ3n) is 5.97. The van der Waals surface area contributed by atoms with Crippen LogP contribution >= 0.6 is 11.3 Å². The van der Waals surface area contributed by atoms with Gasteiger partial charge in [-0.1, -0.05) is 36.4 Å². The maximum Gasteiger partial charge on any atom is 0.256 e. The van der Waals surface area contributed by atoms with E-state index in [1.807, 2.05) is 55.5 Å². The average Bonchev–Trinajstić information content (AvgIpc) is 3.17. The van der Waals surface area contributed by atoms with Crippen LogP contribution in [0.3, 0.4) is 0 Å². The topological polar surface area (TPSA) is 64.0 Å². The molecule has 1 unspecified atom stereocenters. The molecule has 7 heteroatoms. The predicted octanol–water partition coefficient (Wildman–Crippen LogP) is 3.15. The Kier molecular flexibility index (Phi) is 5.76. The molecule has 0 aliphatic carbocycles. The molecular formula is C25H28N3O3S+. The quantitative estimate of drug-likeness (QED) is 0.540. The van der Waals surface area contributed by atoms with Gasteiger partial charge >= 0.3 is 0 Å². The summed E-state index contributed by atoms with van der Waals surface area (Å²) in [7, 11) is 2.20. The van der Waals surface area contributed by atoms with Crippen molar-refractivity contribution >= 4 is 22.2 Å². The summed E-state index contributed by atoms with van der Waals surface area (Å²) in [6.07, 6.45) is 0.650. The highest BCUT2D eigenvalue weighted by atomic mass is 32.1. The predicted molar refractivity (Wildman–Crippen MR) is 126 cm³/mol. The number of thiophene rings is 1. The van der Waals surface area contributed by atoms with Crippen LogP contribution < -0.4 is 25.0 Å². The van der Waals surface area contributed by atoms with Gasteiger partial charge in [0.1, 0.15) is 24.3 Å². The minimum atomic E-state index is -0.303. The molecule has 3 N–H and O–H groups in total. The van der Waals surface area contributed by atoms with Gasteiger partial charge in [0.15, 0.2) is 11.5 Å². The number of carbonyl (C=O) groups is 1. The lowest BCUT2D eigenvalue weighted by Gasteiger charge is -2.27. The zero-order chi connectivity index (χ0) is 22.1. The molecule has 3 aromatic rings. The molecule has 0 spiro atoms. The standard InChI is InChI=1S/C25H27N3O3S/c1-3-30-20-13-17(9-10-19(20)31-15-16-7-5-4-6-8-16)23-26-24(29)22-18-11-12-28(2)14-21(18)32-25(22)27-23/h4-10,13,23,27H,3,11-12,14-15H2,1-2H3,(H,26,29)/p+1/t23-/m0/s1. The Bertz CT molecular complexity index is 1130. The second kappa shape index (κ2) is 8.84. The molecule has 6 nitrogen and oxygen atoms in total. The van der Waals surface area contributed by atoms with E-state index in [9.17, 15) is 4.79 Å². The molecule has 0 saturated carbocycles. The normalized spacial score (nSPS) is 19.4. The number of ether oxygens (including phenoxy) is 2. The molecule has 2 aromatic carbocycles. The van der Waals surface area contributed by atoms with Crippen molar-refractivity contribution in [1.82, 2.24) is 5.32 Å². The molecule has 5 rings (SSSR count). The highest BCUT2D eigenvalue weighted by Crippen LogP contribution is 2.40. The van der Waals surface area contributed by atoms with Crippen molar-refractivity contribution in [2.45, 2.75) is 32.7 Å². The molecule has 2 atom stereocenters. The Labute approximate surface area is 192 Å². The molecule has 0 saturated heterocycles. The van der Waals surface area contributed by atoms with Crippen LogP contribution in [0, 0.1) is 0 Å². The highest BCUT2D eigenvalue weighted by Gasteiger charge is 2.34. The second-order valence-corrected chi connectivity index (χ2v) is 9.41. The summed E-state index contributed by atoms with van der Waals surface area (Å²) in [5.41, 5.74) is 4.09. The van der Waals surface area contributed by atoms with Crippen LogP contribution in [0.4, 0.5) is 5.00 Å². The number of nitrogens with one attached hydrogen (secondary N) is 3. The van der Waals surface area contributed by atoms with Crippen LogP contribution in [0.25, 0.3) is 0 Å². The van der Waals surface area contributed by atoms with Crippen molar-refractivity contribution < 1.29 is 19.2 Å². The van der Waals surface area contributed by atoms with E-state index in [0.717, 1.165) is 41.2 Å². The van der Waals surface area contributed by atoms with Gasteiger partial charge in [-0.25, -0.2) is 0 Å². The Morgan fingerprint density at radius 1 is 1.09 bits per heavy atom. The number of rotatable bonds is 6. The van der Waals surface area contributed by atoms with E-state index in [-0.39, 0.29) is 12.1 Å². The van der Waals surface area contributed by atoms with E-state index in [4.69, 9.17) is 9.47 Å². The van der Waals surface area contributed by atoms with E-state index in [1.54, 1.807) is 11.3 Å². The molecular weight excluding hydrogens is 422 g/mol. The van der Waals surface area contributed by atoms with Gasteiger partial charge in [-0.15, -0.1) is 11.3 Å². The molecule has 0 fully saturated rings. The first-order valence-electron chi connectivity index (χ1n) is 11.1. The van der Waals surface area contributed by atoms with E-state index in [0.29, 0.717) is 24.7 Å². The van der Waals surface area contributed by atoms with Crippen molar-refractivity contribution in [3.8, 4) is 11.5 Å². The van der Waals surface area contributed by atoms with Crippen LogP contribution in [0.5, 0.6) is 11.5 Å². The summed E-state index contributed by atoms with van der Waals surface area (Å²) in [5, 5.41) is 7.65. The van der Waals surface area contributed by atoms with Gasteiger partial charge in [-0.3, -0.25) is 4.79 Å². The Morgan fingerprint density at radius 3 is 2.75 bits per heavy atom. The number of fused-ring (bicyclic) bond motifs is 3. The number of hydrogen-bond acceptors (Lipinski definition) is 5. The molecule has 0 radical (unpaired) electrons. The minimum Gasteiger partial charge on any atom is -0.490 e. The van der Waals surface area contributed by atoms with E-state index >= 15 is 0 Å². The summed E-state index contributed by atoms with van der Waals surface area (Å²) >= 11 is 1.72. The van der Waals surface area contributed by atoms with Crippen molar-refractivity contribution in [3.63, 3.8) is 0 Å². The summed E-state index contributed by atoms with van der Waals surface area (Å²) in [6, 6.07) is 15.9. The molecule has 2 aliphatic rings. The number of likely N-dealkylation sites (N-methyl/N-ethyl adjacent to an activating group) is 1. The Hall–Kier alpha value is -3.03. The number of benzene rings is 2. The first kappa shape index (κ1) is 20.8. The molecule has 1 aromatic heterocycles. The maximum absolute atomic E-state index is 13.0. The van der Waals surface area contributed by atoms with Crippen molar-refractivity contribution in [3.05, 3.63) is 75.7 Å². The van der Waals surface area contributed by atoms with Crippen molar-refractivity contribution in [1.29, 1.82) is 0 Å². The van der Waals surface area contributed by atoms with Gasteiger partial charge in [0.05, 0.1) is 30.6 Å². The lowest BCUT2D eigenvalue weighted by Crippen LogP contribution is -3.08. The largest absolute Gasteiger partial charge is 0.490 e. The lowest BCUT2D eigenvalue weighted by atomic mass is 10.0. The van der Waals surface area contributed by atoms with Crippen LogP contribution in [0.1, 0.15) is 45.0 Å². The first-order chi connectivity index (χ1) is 15.6. The van der Waals surface area contributed by atoms with Crippen LogP contribution in [-0.4, -0.2) is 26.1 Å². The fraction of sp³-hybridized carbons (Fsp3) is 0.320.